The summed E-state index contributed by atoms with van der Waals surface area (Å²) in [6, 6.07) is 0.831. The standard InChI is InChI=1S/C12H21N5O4S.C10H18N4O2S.CH4/c13-21-5-10(19)17-16-9(18)4-2-1-3-8-11-7(6-22-8)14-12(20)15-11;11-14-8(15)4-2-1-3-7-9-6(5-17-7)12-10(16)13-9;/h7-8,11H,1-6,13H2,(H,16,18)(H,17,19)(H2,14,15,20);6-7,9H,1-5,11H2,(H,14,15)(H2,12,13,16);1H4. The first-order chi connectivity index (χ1) is 18.8. The fourth-order valence-electron chi connectivity index (χ4n) is 4.93. The monoisotopic (exact) mass is 605 g/mol. The Balaban J connectivity index is 0.000000282. The van der Waals surface area contributed by atoms with Crippen LogP contribution in [0.4, 0.5) is 9.59 Å². The zero-order chi connectivity index (χ0) is 28.2. The lowest BCUT2D eigenvalue weighted by Gasteiger charge is -2.16. The third-order valence-electron chi connectivity index (χ3n) is 6.88. The minimum Gasteiger partial charge on any atom is -0.332 e. The van der Waals surface area contributed by atoms with Gasteiger partial charge >= 0.3 is 12.1 Å². The van der Waals surface area contributed by atoms with Gasteiger partial charge in [0.05, 0.1) is 24.2 Å². The van der Waals surface area contributed by atoms with Crippen molar-refractivity contribution in [1.82, 2.24) is 37.5 Å². The summed E-state index contributed by atoms with van der Waals surface area (Å²) < 4.78 is 0. The van der Waals surface area contributed by atoms with E-state index in [0.29, 0.717) is 23.3 Å². The van der Waals surface area contributed by atoms with Crippen molar-refractivity contribution >= 4 is 53.3 Å². The van der Waals surface area contributed by atoms with Crippen molar-refractivity contribution in [2.45, 2.75) is 93.5 Å². The van der Waals surface area contributed by atoms with E-state index in [2.05, 4.69) is 42.4 Å². The highest BCUT2D eigenvalue weighted by atomic mass is 32.2. The van der Waals surface area contributed by atoms with E-state index in [1.165, 1.54) is 0 Å². The van der Waals surface area contributed by atoms with E-state index in [-0.39, 0.29) is 62.1 Å². The Morgan fingerprint density at radius 2 is 1.25 bits per heavy atom. The van der Waals surface area contributed by atoms with Crippen molar-refractivity contribution in [2.75, 3.05) is 18.1 Å². The summed E-state index contributed by atoms with van der Waals surface area (Å²) in [6.07, 6.45) is 6.25. The number of hydrogen-bond acceptors (Lipinski definition) is 10. The third kappa shape index (κ3) is 10.5. The van der Waals surface area contributed by atoms with Gasteiger partial charge in [-0.3, -0.25) is 35.5 Å². The van der Waals surface area contributed by atoms with Gasteiger partial charge in [0.15, 0.2) is 0 Å². The molecule has 0 aromatic carbocycles. The first-order valence-electron chi connectivity index (χ1n) is 13.1. The van der Waals surface area contributed by atoms with E-state index in [0.717, 1.165) is 50.0 Å². The maximum Gasteiger partial charge on any atom is 0.315 e. The molecule has 0 aromatic rings. The lowest BCUT2D eigenvalue weighted by molar-refractivity contribution is -0.131. The largest absolute Gasteiger partial charge is 0.332 e. The quantitative estimate of drug-likeness (QED) is 0.0437. The SMILES string of the molecule is C.NNC(=O)CCCCC1SCC2NC(=O)NC21.NOCC(=O)NNC(=O)CCCCC1SCC2NC(=O)NC21. The van der Waals surface area contributed by atoms with Crippen molar-refractivity contribution in [3.63, 3.8) is 0 Å². The second kappa shape index (κ2) is 17.4. The average Bonchev–Trinajstić information content (AvgIpc) is 3.66. The van der Waals surface area contributed by atoms with Crippen LogP contribution >= 0.6 is 23.5 Å². The lowest BCUT2D eigenvalue weighted by Crippen LogP contribution is -2.43. The lowest BCUT2D eigenvalue weighted by atomic mass is 10.0. The Morgan fingerprint density at radius 3 is 1.73 bits per heavy atom. The van der Waals surface area contributed by atoms with Crippen molar-refractivity contribution in [3.8, 4) is 0 Å². The van der Waals surface area contributed by atoms with Crippen molar-refractivity contribution in [2.24, 2.45) is 11.7 Å². The van der Waals surface area contributed by atoms with E-state index >= 15 is 0 Å². The van der Waals surface area contributed by atoms with Crippen LogP contribution in [0.3, 0.4) is 0 Å². The van der Waals surface area contributed by atoms with Gasteiger partial charge in [-0.25, -0.2) is 21.3 Å². The normalized spacial score (nSPS) is 27.4. The second-order valence-corrected chi connectivity index (χ2v) is 12.3. The fraction of sp³-hybridized carbons (Fsp3) is 0.783. The molecule has 6 unspecified atom stereocenters. The Kier molecular flexibility index (Phi) is 14.6. The molecule has 40 heavy (non-hydrogen) atoms. The molecule has 0 aliphatic carbocycles. The number of fused-ring (bicyclic) bond motifs is 2. The van der Waals surface area contributed by atoms with Gasteiger partial charge in [0, 0.05) is 34.8 Å². The number of carbonyl (C=O) groups is 5. The van der Waals surface area contributed by atoms with Crippen LogP contribution in [0.15, 0.2) is 0 Å². The van der Waals surface area contributed by atoms with Gasteiger partial charge in [-0.15, -0.1) is 0 Å². The number of amides is 7. The van der Waals surface area contributed by atoms with Gasteiger partial charge in [0.2, 0.25) is 11.8 Å². The number of nitrogens with one attached hydrogen (secondary N) is 7. The van der Waals surface area contributed by atoms with Gasteiger partial charge in [-0.05, 0) is 25.7 Å². The summed E-state index contributed by atoms with van der Waals surface area (Å²) in [5.41, 5.74) is 6.61. The van der Waals surface area contributed by atoms with Gasteiger partial charge < -0.3 is 21.3 Å². The Labute approximate surface area is 242 Å². The number of urea groups is 2. The van der Waals surface area contributed by atoms with E-state index < -0.39 is 5.91 Å². The predicted molar refractivity (Wildman–Crippen MR) is 153 cm³/mol. The van der Waals surface area contributed by atoms with E-state index in [4.69, 9.17) is 11.7 Å². The van der Waals surface area contributed by atoms with Crippen LogP contribution in [-0.2, 0) is 19.2 Å². The van der Waals surface area contributed by atoms with Gasteiger partial charge in [-0.2, -0.15) is 23.5 Å². The molecule has 4 rings (SSSR count). The highest BCUT2D eigenvalue weighted by Crippen LogP contribution is 2.34. The molecule has 0 spiro atoms. The molecule has 0 aromatic heterocycles. The van der Waals surface area contributed by atoms with Crippen LogP contribution in [0.1, 0.15) is 58.8 Å². The number of carbonyl (C=O) groups excluding carboxylic acids is 5. The number of thioether (sulfide) groups is 2. The Morgan fingerprint density at radius 1 is 0.775 bits per heavy atom. The summed E-state index contributed by atoms with van der Waals surface area (Å²) in [5, 5.41) is 12.6. The van der Waals surface area contributed by atoms with Crippen molar-refractivity contribution in [1.29, 1.82) is 0 Å². The smallest absolute Gasteiger partial charge is 0.315 e. The summed E-state index contributed by atoms with van der Waals surface area (Å²) >= 11 is 3.75. The molecular formula is C23H43N9O6S2. The minimum atomic E-state index is -0.506. The summed E-state index contributed by atoms with van der Waals surface area (Å²) in [4.78, 5) is 60.0. The molecule has 4 fully saturated rings. The van der Waals surface area contributed by atoms with Crippen LogP contribution in [0.25, 0.3) is 0 Å². The molecule has 4 aliphatic heterocycles. The van der Waals surface area contributed by atoms with Crippen molar-refractivity contribution in [3.05, 3.63) is 0 Å². The summed E-state index contributed by atoms with van der Waals surface area (Å²) in [7, 11) is 0. The molecule has 15 nitrogen and oxygen atoms in total. The Hall–Kier alpha value is -2.47. The van der Waals surface area contributed by atoms with E-state index in [9.17, 15) is 24.0 Å². The maximum atomic E-state index is 11.5. The average molecular weight is 606 g/mol. The molecular weight excluding hydrogens is 562 g/mol. The van der Waals surface area contributed by atoms with Crippen LogP contribution in [0, 0.1) is 0 Å². The topological polar surface area (TPSA) is 231 Å². The molecule has 0 saturated carbocycles. The highest BCUT2D eigenvalue weighted by molar-refractivity contribution is 8.00. The molecule has 7 amide bonds. The van der Waals surface area contributed by atoms with Crippen LogP contribution in [-0.4, -0.2) is 82.6 Å². The molecule has 4 aliphatic rings. The fourth-order valence-corrected chi connectivity index (χ4v) is 8.02. The molecule has 228 valence electrons. The van der Waals surface area contributed by atoms with Gasteiger partial charge in [0.1, 0.15) is 6.61 Å². The Bertz CT molecular complexity index is 886. The third-order valence-corrected chi connectivity index (χ3v) is 9.90. The highest BCUT2D eigenvalue weighted by Gasteiger charge is 2.43. The number of hydrazine groups is 2. The van der Waals surface area contributed by atoms with E-state index in [1.54, 1.807) is 0 Å². The van der Waals surface area contributed by atoms with Crippen molar-refractivity contribution < 1.29 is 28.8 Å². The number of hydrogen-bond donors (Lipinski definition) is 9. The van der Waals surface area contributed by atoms with E-state index in [1.807, 2.05) is 23.5 Å². The first kappa shape index (κ1) is 33.7. The zero-order valence-electron chi connectivity index (χ0n) is 21.7. The number of unbranched alkanes of at least 4 members (excludes halogenated alkanes) is 2. The van der Waals surface area contributed by atoms with Crippen LogP contribution in [0.2, 0.25) is 0 Å². The van der Waals surface area contributed by atoms with Crippen LogP contribution < -0.4 is 49.3 Å². The molecule has 4 saturated heterocycles. The first-order valence-corrected chi connectivity index (χ1v) is 15.2. The maximum absolute atomic E-state index is 11.5. The minimum absolute atomic E-state index is 0. The van der Waals surface area contributed by atoms with Gasteiger partial charge in [0.25, 0.3) is 5.91 Å². The number of nitrogens with two attached hydrogens (primary N) is 2. The number of rotatable bonds is 12. The van der Waals surface area contributed by atoms with Gasteiger partial charge in [-0.1, -0.05) is 20.3 Å². The second-order valence-electron chi connectivity index (χ2n) is 9.71. The molecule has 17 heteroatoms. The molecule has 0 bridgehead atoms. The summed E-state index contributed by atoms with van der Waals surface area (Å²) in [5.74, 6) is 10.8. The molecule has 11 N–H and O–H groups in total. The van der Waals surface area contributed by atoms with Crippen LogP contribution in [0.5, 0.6) is 0 Å². The summed E-state index contributed by atoms with van der Waals surface area (Å²) in [6.45, 7) is -0.304. The molecule has 6 atom stereocenters. The predicted octanol–water partition coefficient (Wildman–Crippen LogP) is -0.912. The zero-order valence-corrected chi connectivity index (χ0v) is 23.3. The molecule has 4 heterocycles. The molecule has 0 radical (unpaired) electrons.